The lowest BCUT2D eigenvalue weighted by molar-refractivity contribution is 0.204. The summed E-state index contributed by atoms with van der Waals surface area (Å²) in [6.07, 6.45) is -0.525. The maximum absolute atomic E-state index is 10.3. The molecule has 1 aromatic heterocycles. The van der Waals surface area contributed by atoms with Crippen molar-refractivity contribution in [2.24, 2.45) is 0 Å². The van der Waals surface area contributed by atoms with E-state index >= 15 is 0 Å². The minimum atomic E-state index is -0.525. The predicted molar refractivity (Wildman–Crippen MR) is 93.0 cm³/mol. The Morgan fingerprint density at radius 3 is 2.43 bits per heavy atom. The quantitative estimate of drug-likeness (QED) is 0.727. The van der Waals surface area contributed by atoms with Gasteiger partial charge in [0.25, 0.3) is 0 Å². The lowest BCUT2D eigenvalue weighted by atomic mass is 10.1. The summed E-state index contributed by atoms with van der Waals surface area (Å²) in [7, 11) is 0. The Bertz CT molecular complexity index is 786. The molecule has 0 saturated carbocycles. The Kier molecular flexibility index (Phi) is 4.79. The van der Waals surface area contributed by atoms with E-state index in [2.05, 4.69) is 29.3 Å². The number of hydrogen-bond acceptors (Lipinski definition) is 4. The van der Waals surface area contributed by atoms with Crippen LogP contribution in [0.25, 0.3) is 5.69 Å². The summed E-state index contributed by atoms with van der Waals surface area (Å²) in [6.45, 7) is 4.01. The van der Waals surface area contributed by atoms with E-state index in [0.29, 0.717) is 5.75 Å². The highest BCUT2D eigenvalue weighted by Crippen LogP contribution is 2.27. The maximum atomic E-state index is 10.3. The van der Waals surface area contributed by atoms with Gasteiger partial charge in [-0.3, -0.25) is 4.57 Å². The predicted octanol–water partition coefficient (Wildman–Crippen LogP) is 3.71. The van der Waals surface area contributed by atoms with Gasteiger partial charge in [0.1, 0.15) is 5.82 Å². The molecule has 0 bridgehead atoms. The zero-order chi connectivity index (χ0) is 16.2. The molecule has 5 heteroatoms. The van der Waals surface area contributed by atoms with E-state index in [0.717, 1.165) is 22.2 Å². The summed E-state index contributed by atoms with van der Waals surface area (Å²) in [4.78, 5) is 0. The Hall–Kier alpha value is -2.11. The van der Waals surface area contributed by atoms with Gasteiger partial charge in [0.05, 0.1) is 11.8 Å². The van der Waals surface area contributed by atoms with Crippen molar-refractivity contribution in [1.29, 1.82) is 0 Å². The Labute approximate surface area is 140 Å². The van der Waals surface area contributed by atoms with E-state index in [1.54, 1.807) is 0 Å². The van der Waals surface area contributed by atoms with Gasteiger partial charge < -0.3 is 5.11 Å². The molecule has 0 spiro atoms. The summed E-state index contributed by atoms with van der Waals surface area (Å²) in [5, 5.41) is 19.6. The number of aryl methyl sites for hydroxylation is 2. The molecule has 1 heterocycles. The molecule has 0 aliphatic rings. The number of para-hydroxylation sites is 1. The minimum Gasteiger partial charge on any atom is -0.388 e. The second-order valence-electron chi connectivity index (χ2n) is 5.39. The van der Waals surface area contributed by atoms with Crippen molar-refractivity contribution in [3.8, 4) is 5.69 Å². The standard InChI is InChI=1S/C18H19N3OS/c1-13-8-6-7-11-16(13)21-14(2)19-20-18(21)23-12-17(22)15-9-4-3-5-10-15/h3-11,17,22H,12H2,1-2H3. The SMILES string of the molecule is Cc1ccccc1-n1c(C)nnc1SCC(O)c1ccccc1. The van der Waals surface area contributed by atoms with E-state index < -0.39 is 6.10 Å². The molecular formula is C18H19N3OS. The zero-order valence-electron chi connectivity index (χ0n) is 13.2. The first-order valence-electron chi connectivity index (χ1n) is 7.50. The van der Waals surface area contributed by atoms with Crippen molar-refractivity contribution in [2.45, 2.75) is 25.1 Å². The second kappa shape index (κ2) is 6.98. The van der Waals surface area contributed by atoms with Crippen molar-refractivity contribution in [3.63, 3.8) is 0 Å². The van der Waals surface area contributed by atoms with E-state index in [1.165, 1.54) is 17.3 Å². The van der Waals surface area contributed by atoms with Crippen LogP contribution in [0.4, 0.5) is 0 Å². The highest BCUT2D eigenvalue weighted by atomic mass is 32.2. The second-order valence-corrected chi connectivity index (χ2v) is 6.38. The van der Waals surface area contributed by atoms with Crippen LogP contribution in [0.1, 0.15) is 23.1 Å². The minimum absolute atomic E-state index is 0.525. The molecule has 4 nitrogen and oxygen atoms in total. The highest BCUT2D eigenvalue weighted by molar-refractivity contribution is 7.99. The van der Waals surface area contributed by atoms with Crippen molar-refractivity contribution in [1.82, 2.24) is 14.8 Å². The molecule has 0 radical (unpaired) electrons. The van der Waals surface area contributed by atoms with Gasteiger partial charge in [0, 0.05) is 5.75 Å². The first kappa shape index (κ1) is 15.8. The van der Waals surface area contributed by atoms with Crippen molar-refractivity contribution >= 4 is 11.8 Å². The number of aliphatic hydroxyl groups is 1. The highest BCUT2D eigenvalue weighted by Gasteiger charge is 2.15. The van der Waals surface area contributed by atoms with Gasteiger partial charge in [-0.15, -0.1) is 10.2 Å². The first-order valence-corrected chi connectivity index (χ1v) is 8.49. The molecule has 0 aliphatic carbocycles. The third-order valence-electron chi connectivity index (χ3n) is 3.71. The number of aliphatic hydroxyl groups excluding tert-OH is 1. The largest absolute Gasteiger partial charge is 0.388 e. The van der Waals surface area contributed by atoms with Crippen LogP contribution in [0.15, 0.2) is 59.8 Å². The lowest BCUT2D eigenvalue weighted by Gasteiger charge is -2.13. The molecule has 3 aromatic rings. The summed E-state index contributed by atoms with van der Waals surface area (Å²) in [6, 6.07) is 17.8. The number of benzene rings is 2. The van der Waals surface area contributed by atoms with Crippen molar-refractivity contribution in [3.05, 3.63) is 71.5 Å². The fourth-order valence-corrected chi connectivity index (χ4v) is 3.41. The van der Waals surface area contributed by atoms with Crippen LogP contribution in [0, 0.1) is 13.8 Å². The Morgan fingerprint density at radius 2 is 1.70 bits per heavy atom. The Morgan fingerprint density at radius 1 is 1.00 bits per heavy atom. The molecule has 3 rings (SSSR count). The Balaban J connectivity index is 1.81. The first-order chi connectivity index (χ1) is 11.2. The molecular weight excluding hydrogens is 306 g/mol. The van der Waals surface area contributed by atoms with Gasteiger partial charge in [-0.25, -0.2) is 0 Å². The number of rotatable bonds is 5. The molecule has 0 saturated heterocycles. The zero-order valence-corrected chi connectivity index (χ0v) is 14.0. The molecule has 0 fully saturated rings. The van der Waals surface area contributed by atoms with Gasteiger partial charge in [-0.1, -0.05) is 60.3 Å². The van der Waals surface area contributed by atoms with Crippen LogP contribution in [-0.2, 0) is 0 Å². The average molecular weight is 325 g/mol. The van der Waals surface area contributed by atoms with Gasteiger partial charge in [0.15, 0.2) is 5.16 Å². The van der Waals surface area contributed by atoms with E-state index in [1.807, 2.05) is 54.0 Å². The smallest absolute Gasteiger partial charge is 0.195 e. The number of hydrogen-bond donors (Lipinski definition) is 1. The van der Waals surface area contributed by atoms with Crippen LogP contribution < -0.4 is 0 Å². The normalized spacial score (nSPS) is 12.3. The molecule has 2 aromatic carbocycles. The topological polar surface area (TPSA) is 50.9 Å². The number of nitrogens with zero attached hydrogens (tertiary/aromatic N) is 3. The summed E-state index contributed by atoms with van der Waals surface area (Å²) >= 11 is 1.51. The third-order valence-corrected chi connectivity index (χ3v) is 4.71. The molecule has 118 valence electrons. The summed E-state index contributed by atoms with van der Waals surface area (Å²) in [5.74, 6) is 1.38. The molecule has 1 unspecified atom stereocenters. The van der Waals surface area contributed by atoms with Gasteiger partial charge in [-0.2, -0.15) is 0 Å². The fourth-order valence-electron chi connectivity index (χ4n) is 2.45. The monoisotopic (exact) mass is 325 g/mol. The van der Waals surface area contributed by atoms with Crippen LogP contribution in [0.2, 0.25) is 0 Å². The lowest BCUT2D eigenvalue weighted by Crippen LogP contribution is -2.04. The molecule has 0 amide bonds. The van der Waals surface area contributed by atoms with Crippen LogP contribution in [-0.4, -0.2) is 25.6 Å². The van der Waals surface area contributed by atoms with E-state index in [9.17, 15) is 5.11 Å². The van der Waals surface area contributed by atoms with Gasteiger partial charge in [0.2, 0.25) is 0 Å². The maximum Gasteiger partial charge on any atom is 0.195 e. The summed E-state index contributed by atoms with van der Waals surface area (Å²) in [5.41, 5.74) is 3.16. The summed E-state index contributed by atoms with van der Waals surface area (Å²) < 4.78 is 2.04. The van der Waals surface area contributed by atoms with Gasteiger partial charge >= 0.3 is 0 Å². The fraction of sp³-hybridized carbons (Fsp3) is 0.222. The average Bonchev–Trinajstić information content (AvgIpc) is 2.94. The van der Waals surface area contributed by atoms with Crippen molar-refractivity contribution < 1.29 is 5.11 Å². The molecule has 1 N–H and O–H groups in total. The molecule has 0 aliphatic heterocycles. The number of thioether (sulfide) groups is 1. The van der Waals surface area contributed by atoms with Crippen LogP contribution in [0.5, 0.6) is 0 Å². The van der Waals surface area contributed by atoms with Crippen LogP contribution in [0.3, 0.4) is 0 Å². The molecule has 1 atom stereocenters. The van der Waals surface area contributed by atoms with Gasteiger partial charge in [-0.05, 0) is 31.0 Å². The van der Waals surface area contributed by atoms with Crippen molar-refractivity contribution in [2.75, 3.05) is 5.75 Å². The van der Waals surface area contributed by atoms with E-state index in [4.69, 9.17) is 0 Å². The molecule has 23 heavy (non-hydrogen) atoms. The number of aromatic nitrogens is 3. The van der Waals surface area contributed by atoms with Crippen LogP contribution >= 0.6 is 11.8 Å². The van der Waals surface area contributed by atoms with E-state index in [-0.39, 0.29) is 0 Å². The third kappa shape index (κ3) is 3.46.